The summed E-state index contributed by atoms with van der Waals surface area (Å²) in [5.41, 5.74) is 7.20. The second kappa shape index (κ2) is 16.8. The van der Waals surface area contributed by atoms with Crippen LogP contribution in [-0.4, -0.2) is 51.1 Å². The van der Waals surface area contributed by atoms with Gasteiger partial charge in [0, 0.05) is 6.42 Å². The number of hydrogen-bond donors (Lipinski definition) is 2. The lowest BCUT2D eigenvalue weighted by molar-refractivity contribution is -0.147. The lowest BCUT2D eigenvalue weighted by Crippen LogP contribution is -2.54. The molecule has 2 N–H and O–H groups in total. The number of fused-ring (bicyclic) bond motifs is 1. The van der Waals surface area contributed by atoms with Crippen molar-refractivity contribution in [2.24, 2.45) is 23.2 Å². The van der Waals surface area contributed by atoms with Gasteiger partial charge in [0.2, 0.25) is 16.6 Å². The molecule has 3 aliphatic carbocycles. The van der Waals surface area contributed by atoms with Crippen molar-refractivity contribution in [2.75, 3.05) is 0 Å². The first-order valence-electron chi connectivity index (χ1n) is 20.0. The van der Waals surface area contributed by atoms with Crippen LogP contribution in [0.4, 0.5) is 0 Å². The largest absolute Gasteiger partial charge is 0.479 e. The molecule has 49 heavy (non-hydrogen) atoms. The summed E-state index contributed by atoms with van der Waals surface area (Å²) in [5, 5.41) is 19.5. The average molecular weight is 717 g/mol. The minimum Gasteiger partial charge on any atom is -0.479 e. The van der Waals surface area contributed by atoms with Crippen molar-refractivity contribution < 1.29 is 23.9 Å². The molecule has 3 saturated carbocycles. The van der Waals surface area contributed by atoms with Crippen molar-refractivity contribution in [3.05, 3.63) is 35.5 Å². The maximum absolute atomic E-state index is 11.4. The Morgan fingerprint density at radius 3 is 1.86 bits per heavy atom. The molecule has 0 aliphatic heterocycles. The van der Waals surface area contributed by atoms with E-state index in [1.54, 1.807) is 0 Å². The molecule has 0 aromatic rings. The lowest BCUT2D eigenvalue weighted by atomic mass is 9.60. The summed E-state index contributed by atoms with van der Waals surface area (Å²) in [6.07, 6.45) is 11.4. The Morgan fingerprint density at radius 2 is 1.37 bits per heavy atom. The number of carbonyl (C=O) groups is 1. The third-order valence-corrected chi connectivity index (χ3v) is 26.2. The molecule has 0 heterocycles. The lowest BCUT2D eigenvalue weighted by Gasteiger charge is -2.49. The number of rotatable bonds is 15. The van der Waals surface area contributed by atoms with Crippen LogP contribution in [0.5, 0.6) is 0 Å². The maximum atomic E-state index is 11.4. The van der Waals surface area contributed by atoms with E-state index in [4.69, 9.17) is 15.4 Å². The van der Waals surface area contributed by atoms with Gasteiger partial charge in [0.05, 0.1) is 12.2 Å². The van der Waals surface area contributed by atoms with Crippen LogP contribution in [0.25, 0.3) is 0 Å². The van der Waals surface area contributed by atoms with E-state index in [0.29, 0.717) is 51.5 Å². The molecule has 0 bridgehead atoms. The van der Waals surface area contributed by atoms with Gasteiger partial charge in [-0.1, -0.05) is 121 Å². The van der Waals surface area contributed by atoms with Crippen molar-refractivity contribution in [3.8, 4) is 0 Å². The SMILES string of the molecule is C=C1/C(=C/C=C2CCC[C@]3(C)[C@@H]([C@H](C)CC(O)C(=O)O)CC[C@@H]23)C[C@@H](O[Si](C(C)C)(C(C)C)C(C)C)C[C@@H]1O[Si](C(C)C)(C(C)C)C(C)C. The van der Waals surface area contributed by atoms with E-state index in [1.165, 1.54) is 17.6 Å². The van der Waals surface area contributed by atoms with Crippen molar-refractivity contribution in [1.82, 2.24) is 0 Å². The van der Waals surface area contributed by atoms with Crippen LogP contribution in [0.15, 0.2) is 35.5 Å². The number of hydrogen-bond acceptors (Lipinski definition) is 4. The minimum absolute atomic E-state index is 0.0329. The summed E-state index contributed by atoms with van der Waals surface area (Å²) >= 11 is 0. The van der Waals surface area contributed by atoms with Crippen molar-refractivity contribution in [3.63, 3.8) is 0 Å². The molecular formula is C42H76O5Si2. The fraction of sp³-hybridized carbons (Fsp3) is 0.833. The van der Waals surface area contributed by atoms with Crippen LogP contribution in [0.1, 0.15) is 148 Å². The molecule has 0 aromatic carbocycles. The Hall–Kier alpha value is -0.996. The molecule has 3 rings (SSSR count). The summed E-state index contributed by atoms with van der Waals surface area (Å²) in [7, 11) is -4.27. The topological polar surface area (TPSA) is 76.0 Å². The first kappa shape index (κ1) is 42.4. The second-order valence-electron chi connectivity index (χ2n) is 18.5. The van der Waals surface area contributed by atoms with Gasteiger partial charge in [0.25, 0.3) is 0 Å². The molecular weight excluding hydrogens is 641 g/mol. The predicted molar refractivity (Wildman–Crippen MR) is 212 cm³/mol. The van der Waals surface area contributed by atoms with Crippen molar-refractivity contribution in [1.29, 1.82) is 0 Å². The first-order valence-corrected chi connectivity index (χ1v) is 24.3. The monoisotopic (exact) mass is 717 g/mol. The highest BCUT2D eigenvalue weighted by Crippen LogP contribution is 2.60. The van der Waals surface area contributed by atoms with Crippen LogP contribution in [0, 0.1) is 23.2 Å². The van der Waals surface area contributed by atoms with E-state index in [1.807, 2.05) is 0 Å². The third-order valence-electron chi connectivity index (χ3n) is 14.0. The number of carboxylic acid groups (broad SMARTS) is 1. The predicted octanol–water partition coefficient (Wildman–Crippen LogP) is 12.0. The molecule has 1 unspecified atom stereocenters. The highest BCUT2D eigenvalue weighted by Gasteiger charge is 2.52. The molecule has 7 heteroatoms. The molecule has 0 radical (unpaired) electrons. The standard InChI is InChI=1S/C42H76O5Si2/c1-26(2)48(27(3)4,28(5)6)46-36-24-35(33(14)40(25-36)47-49(29(7)8,30(9)10)31(11)12)19-18-34-17-16-22-42(15)37(20-21-38(34)42)32(13)23-39(43)41(44)45/h18-19,26-32,36-40,43H,14,16-17,20-25H2,1-13,15H3,(H,44,45)/b34-18?,35-19+/t32-,36-,37-,38+,39?,40+,42-/m1/s1. The molecule has 3 fully saturated rings. The smallest absolute Gasteiger partial charge is 0.332 e. The highest BCUT2D eigenvalue weighted by molar-refractivity contribution is 6.78. The fourth-order valence-corrected chi connectivity index (χ4v) is 22.9. The van der Waals surface area contributed by atoms with Gasteiger partial charge in [0.1, 0.15) is 0 Å². The quantitative estimate of drug-likeness (QED) is 0.165. The fourth-order valence-electron chi connectivity index (χ4n) is 11.8. The van der Waals surface area contributed by atoms with Crippen molar-refractivity contribution in [2.45, 2.75) is 200 Å². The number of aliphatic hydroxyl groups excluding tert-OH is 1. The number of allylic oxidation sites excluding steroid dienone is 3. The van der Waals surface area contributed by atoms with Crippen LogP contribution >= 0.6 is 0 Å². The summed E-state index contributed by atoms with van der Waals surface area (Å²) < 4.78 is 15.1. The Bertz CT molecular complexity index is 1160. The van der Waals surface area contributed by atoms with E-state index >= 15 is 0 Å². The average Bonchev–Trinajstić information content (AvgIpc) is 3.35. The number of carboxylic acids is 1. The Morgan fingerprint density at radius 1 is 0.857 bits per heavy atom. The van der Waals surface area contributed by atoms with Gasteiger partial charge < -0.3 is 19.1 Å². The van der Waals surface area contributed by atoms with Gasteiger partial charge in [-0.2, -0.15) is 0 Å². The second-order valence-corrected chi connectivity index (χ2v) is 29.4. The summed E-state index contributed by atoms with van der Waals surface area (Å²) in [6.45, 7) is 37.9. The molecule has 3 aliphatic rings. The van der Waals surface area contributed by atoms with Crippen LogP contribution in [0.2, 0.25) is 33.2 Å². The van der Waals surface area contributed by atoms with Crippen LogP contribution in [0.3, 0.4) is 0 Å². The molecule has 7 atom stereocenters. The van der Waals surface area contributed by atoms with E-state index < -0.39 is 28.7 Å². The Labute approximate surface area is 304 Å². The molecule has 282 valence electrons. The summed E-state index contributed by atoms with van der Waals surface area (Å²) in [4.78, 5) is 11.4. The van der Waals surface area contributed by atoms with Gasteiger partial charge in [-0.25, -0.2) is 4.79 Å². The van der Waals surface area contributed by atoms with E-state index in [9.17, 15) is 15.0 Å². The number of aliphatic hydroxyl groups is 1. The van der Waals surface area contributed by atoms with Gasteiger partial charge in [-0.15, -0.1) is 0 Å². The molecule has 0 saturated heterocycles. The molecule has 0 spiro atoms. The van der Waals surface area contributed by atoms with E-state index in [0.717, 1.165) is 44.1 Å². The summed E-state index contributed by atoms with van der Waals surface area (Å²) in [6, 6.07) is 0. The normalized spacial score (nSPS) is 30.1. The zero-order chi connectivity index (χ0) is 37.2. The summed E-state index contributed by atoms with van der Waals surface area (Å²) in [5.74, 6) is -0.0168. The zero-order valence-electron chi connectivity index (χ0n) is 34.1. The van der Waals surface area contributed by atoms with E-state index in [-0.39, 0.29) is 23.5 Å². The third kappa shape index (κ3) is 8.47. The molecule has 0 amide bonds. The van der Waals surface area contributed by atoms with Gasteiger partial charge in [-0.05, 0) is 113 Å². The van der Waals surface area contributed by atoms with Gasteiger partial charge in [0.15, 0.2) is 6.10 Å². The van der Waals surface area contributed by atoms with Gasteiger partial charge >= 0.3 is 5.97 Å². The van der Waals surface area contributed by atoms with Crippen molar-refractivity contribution >= 4 is 22.6 Å². The number of aliphatic carboxylic acids is 1. The van der Waals surface area contributed by atoms with Crippen LogP contribution in [-0.2, 0) is 13.6 Å². The Kier molecular flexibility index (Phi) is 14.5. The highest BCUT2D eigenvalue weighted by atomic mass is 28.4. The molecule has 0 aromatic heterocycles. The van der Waals surface area contributed by atoms with E-state index in [2.05, 4.69) is 109 Å². The minimum atomic E-state index is -2.16. The molecule has 5 nitrogen and oxygen atoms in total. The first-order chi connectivity index (χ1) is 22.7. The van der Waals surface area contributed by atoms with Crippen LogP contribution < -0.4 is 0 Å². The van der Waals surface area contributed by atoms with Gasteiger partial charge in [-0.3, -0.25) is 0 Å². The Balaban J connectivity index is 2.03. The zero-order valence-corrected chi connectivity index (χ0v) is 36.1. The maximum Gasteiger partial charge on any atom is 0.332 e.